The van der Waals surface area contributed by atoms with E-state index in [1.165, 1.54) is 13.1 Å². The zero-order valence-corrected chi connectivity index (χ0v) is 11.6. The second-order valence-electron chi connectivity index (χ2n) is 3.99. The van der Waals surface area contributed by atoms with Crippen LogP contribution in [-0.4, -0.2) is 39.9 Å². The molecule has 0 spiro atoms. The highest BCUT2D eigenvalue weighted by Gasteiger charge is 2.19. The van der Waals surface area contributed by atoms with E-state index in [0.717, 1.165) is 16.4 Å². The second-order valence-corrected chi connectivity index (χ2v) is 5.76. The molecule has 0 amide bonds. The molecule has 0 aliphatic rings. The fraction of sp³-hybridized carbons (Fsp3) is 0.455. The van der Waals surface area contributed by atoms with Crippen LogP contribution in [0.3, 0.4) is 0 Å². The molecule has 0 bridgehead atoms. The van der Waals surface area contributed by atoms with E-state index in [1.807, 2.05) is 4.72 Å². The molecule has 0 fully saturated rings. The Morgan fingerprint density at radius 2 is 2.00 bits per heavy atom. The number of rotatable bonds is 7. The van der Waals surface area contributed by atoms with Crippen molar-refractivity contribution >= 4 is 15.9 Å². The lowest BCUT2D eigenvalue weighted by atomic mass is 10.3. The van der Waals surface area contributed by atoms with Crippen LogP contribution in [0.1, 0.15) is 6.42 Å². The first-order chi connectivity index (χ1) is 8.88. The molecule has 19 heavy (non-hydrogen) atoms. The van der Waals surface area contributed by atoms with Crippen LogP contribution in [0.2, 0.25) is 0 Å². The van der Waals surface area contributed by atoms with Gasteiger partial charge in [0.05, 0.1) is 5.69 Å². The van der Waals surface area contributed by atoms with Crippen molar-refractivity contribution in [3.05, 3.63) is 29.8 Å². The summed E-state index contributed by atoms with van der Waals surface area (Å²) < 4.78 is 53.1. The summed E-state index contributed by atoms with van der Waals surface area (Å²) in [5.41, 5.74) is -0.402. The molecule has 1 rings (SSSR count). The van der Waals surface area contributed by atoms with Crippen molar-refractivity contribution in [3.8, 4) is 0 Å². The Balaban J connectivity index is 2.76. The number of nitrogens with one attached hydrogen (secondary N) is 2. The Morgan fingerprint density at radius 3 is 2.63 bits per heavy atom. The van der Waals surface area contributed by atoms with E-state index in [0.29, 0.717) is 13.0 Å². The molecule has 2 N–H and O–H groups in total. The Bertz CT molecular complexity index is 523. The molecule has 0 atom stereocenters. The lowest BCUT2D eigenvalue weighted by Gasteiger charge is -2.18. The van der Waals surface area contributed by atoms with Crippen LogP contribution >= 0.6 is 0 Å². The van der Waals surface area contributed by atoms with Gasteiger partial charge < -0.3 is 5.32 Å². The largest absolute Gasteiger partial charge is 0.320 e. The molecule has 5 nitrogen and oxygen atoms in total. The summed E-state index contributed by atoms with van der Waals surface area (Å²) in [6.07, 6.45) is 0.611. The van der Waals surface area contributed by atoms with Crippen LogP contribution in [0.15, 0.2) is 18.2 Å². The average Bonchev–Trinajstić information content (AvgIpc) is 2.35. The first kappa shape index (κ1) is 15.8. The lowest BCUT2D eigenvalue weighted by molar-refractivity contribution is 0.461. The lowest BCUT2D eigenvalue weighted by Crippen LogP contribution is -2.34. The molecule has 1 aromatic rings. The fourth-order valence-corrected chi connectivity index (χ4v) is 2.36. The van der Waals surface area contributed by atoms with E-state index < -0.39 is 27.5 Å². The summed E-state index contributed by atoms with van der Waals surface area (Å²) in [4.78, 5) is 0. The molecule has 0 aliphatic carbocycles. The van der Waals surface area contributed by atoms with Crippen molar-refractivity contribution in [1.82, 2.24) is 9.62 Å². The molecule has 0 saturated heterocycles. The highest BCUT2D eigenvalue weighted by molar-refractivity contribution is 7.90. The highest BCUT2D eigenvalue weighted by Crippen LogP contribution is 2.18. The standard InChI is InChI=1S/C11H17F2N3O2S/c1-14-7-4-8-16(2)19(17,18)15-10-6-3-5-9(12)11(10)13/h3,5-6,14-15H,4,7-8H2,1-2H3. The number of nitrogens with zero attached hydrogens (tertiary/aromatic N) is 1. The predicted octanol–water partition coefficient (Wildman–Crippen LogP) is 1.16. The molecule has 0 radical (unpaired) electrons. The maximum atomic E-state index is 13.4. The first-order valence-corrected chi connectivity index (χ1v) is 7.15. The average molecular weight is 293 g/mol. The zero-order chi connectivity index (χ0) is 14.5. The Morgan fingerprint density at radius 1 is 1.32 bits per heavy atom. The summed E-state index contributed by atoms with van der Waals surface area (Å²) >= 11 is 0. The molecular formula is C11H17F2N3O2S. The van der Waals surface area contributed by atoms with Gasteiger partial charge in [-0.15, -0.1) is 0 Å². The van der Waals surface area contributed by atoms with Gasteiger partial charge in [0.2, 0.25) is 0 Å². The number of halogens is 2. The van der Waals surface area contributed by atoms with Crippen LogP contribution < -0.4 is 10.0 Å². The van der Waals surface area contributed by atoms with Crippen molar-refractivity contribution in [1.29, 1.82) is 0 Å². The van der Waals surface area contributed by atoms with Crippen molar-refractivity contribution in [3.63, 3.8) is 0 Å². The number of benzene rings is 1. The van der Waals surface area contributed by atoms with E-state index >= 15 is 0 Å². The summed E-state index contributed by atoms with van der Waals surface area (Å²) in [5, 5.41) is 2.89. The van der Waals surface area contributed by atoms with Crippen LogP contribution in [0, 0.1) is 11.6 Å². The van der Waals surface area contributed by atoms with Crippen LogP contribution in [0.5, 0.6) is 0 Å². The van der Waals surface area contributed by atoms with Crippen molar-refractivity contribution < 1.29 is 17.2 Å². The molecular weight excluding hydrogens is 276 g/mol. The first-order valence-electron chi connectivity index (χ1n) is 5.71. The third kappa shape index (κ3) is 4.41. The molecule has 8 heteroatoms. The van der Waals surface area contributed by atoms with E-state index in [9.17, 15) is 17.2 Å². The smallest absolute Gasteiger partial charge is 0.301 e. The van der Waals surface area contributed by atoms with Crippen LogP contribution in [-0.2, 0) is 10.2 Å². The topological polar surface area (TPSA) is 61.4 Å². The number of hydrogen-bond donors (Lipinski definition) is 2. The summed E-state index contributed by atoms with van der Waals surface area (Å²) in [5.74, 6) is -2.31. The van der Waals surface area contributed by atoms with E-state index in [-0.39, 0.29) is 6.54 Å². The maximum Gasteiger partial charge on any atom is 0.301 e. The molecule has 0 aromatic heterocycles. The number of anilines is 1. The number of hydrogen-bond acceptors (Lipinski definition) is 3. The Labute approximate surface area is 111 Å². The van der Waals surface area contributed by atoms with Gasteiger partial charge in [-0.3, -0.25) is 4.72 Å². The second kappa shape index (κ2) is 6.78. The zero-order valence-electron chi connectivity index (χ0n) is 10.8. The minimum Gasteiger partial charge on any atom is -0.320 e. The van der Waals surface area contributed by atoms with Crippen LogP contribution in [0.4, 0.5) is 14.5 Å². The predicted molar refractivity (Wildman–Crippen MR) is 70.1 cm³/mol. The van der Waals surface area contributed by atoms with Gasteiger partial charge in [-0.2, -0.15) is 12.7 Å². The normalized spacial score (nSPS) is 11.8. The third-order valence-corrected chi connectivity index (χ3v) is 3.98. The fourth-order valence-electron chi connectivity index (χ4n) is 1.40. The Hall–Kier alpha value is -1.25. The van der Waals surface area contributed by atoms with Gasteiger partial charge in [-0.25, -0.2) is 8.78 Å². The van der Waals surface area contributed by atoms with Gasteiger partial charge in [-0.1, -0.05) is 6.07 Å². The molecule has 0 unspecified atom stereocenters. The quantitative estimate of drug-likeness (QED) is 0.742. The van der Waals surface area contributed by atoms with E-state index in [4.69, 9.17) is 0 Å². The highest BCUT2D eigenvalue weighted by atomic mass is 32.2. The van der Waals surface area contributed by atoms with Crippen LogP contribution in [0.25, 0.3) is 0 Å². The molecule has 0 heterocycles. The summed E-state index contributed by atoms with van der Waals surface area (Å²) in [6, 6.07) is 3.32. The van der Waals surface area contributed by atoms with Crippen molar-refractivity contribution in [2.45, 2.75) is 6.42 Å². The molecule has 1 aromatic carbocycles. The van der Waals surface area contributed by atoms with Gasteiger partial charge in [0.1, 0.15) is 0 Å². The third-order valence-electron chi connectivity index (χ3n) is 2.50. The van der Waals surface area contributed by atoms with Gasteiger partial charge >= 0.3 is 10.2 Å². The SMILES string of the molecule is CNCCCN(C)S(=O)(=O)Nc1cccc(F)c1F. The summed E-state index contributed by atoms with van der Waals surface area (Å²) in [6.45, 7) is 0.932. The Kier molecular flexibility index (Phi) is 5.64. The molecule has 0 saturated carbocycles. The minimum atomic E-state index is -3.88. The van der Waals surface area contributed by atoms with Crippen molar-refractivity contribution in [2.24, 2.45) is 0 Å². The molecule has 0 aliphatic heterocycles. The van der Waals surface area contributed by atoms with Gasteiger partial charge in [-0.05, 0) is 32.1 Å². The maximum absolute atomic E-state index is 13.4. The summed E-state index contributed by atoms with van der Waals surface area (Å²) in [7, 11) is -0.755. The monoisotopic (exact) mass is 293 g/mol. The minimum absolute atomic E-state index is 0.271. The van der Waals surface area contributed by atoms with E-state index in [1.54, 1.807) is 7.05 Å². The van der Waals surface area contributed by atoms with E-state index in [2.05, 4.69) is 5.32 Å². The van der Waals surface area contributed by atoms with Gasteiger partial charge in [0.15, 0.2) is 11.6 Å². The van der Waals surface area contributed by atoms with Gasteiger partial charge in [0.25, 0.3) is 0 Å². The van der Waals surface area contributed by atoms with Gasteiger partial charge in [0, 0.05) is 13.6 Å². The van der Waals surface area contributed by atoms with Crippen molar-refractivity contribution in [2.75, 3.05) is 31.9 Å². The molecule has 108 valence electrons.